The SMILES string of the molecule is CCCCN(C)OC(=O)C/C=C/C=C1\CSC(C(NC(=O)Cc2ccccc2)C(=O)O)N=C1C(=O)O. The van der Waals surface area contributed by atoms with Gasteiger partial charge in [0, 0.05) is 19.3 Å². The number of rotatable bonds is 13. The van der Waals surface area contributed by atoms with Crippen molar-refractivity contribution in [1.29, 1.82) is 0 Å². The smallest absolute Gasteiger partial charge is 0.354 e. The summed E-state index contributed by atoms with van der Waals surface area (Å²) in [6.45, 7) is 2.67. The Labute approximate surface area is 214 Å². The largest absolute Gasteiger partial charge is 0.480 e. The van der Waals surface area contributed by atoms with E-state index in [0.717, 1.165) is 30.2 Å². The van der Waals surface area contributed by atoms with Gasteiger partial charge in [-0.05, 0) is 17.6 Å². The van der Waals surface area contributed by atoms with Crippen molar-refractivity contribution >= 4 is 41.3 Å². The van der Waals surface area contributed by atoms with Crippen LogP contribution in [0.2, 0.25) is 0 Å². The minimum atomic E-state index is -1.39. The van der Waals surface area contributed by atoms with Crippen LogP contribution in [-0.4, -0.2) is 75.6 Å². The molecule has 2 rings (SSSR count). The van der Waals surface area contributed by atoms with Crippen LogP contribution >= 0.6 is 11.8 Å². The molecule has 0 aromatic heterocycles. The number of carboxylic acids is 2. The zero-order valence-corrected chi connectivity index (χ0v) is 21.1. The number of carbonyl (C=O) groups excluding carboxylic acids is 2. The number of benzene rings is 1. The lowest BCUT2D eigenvalue weighted by Crippen LogP contribution is -2.49. The van der Waals surface area contributed by atoms with Gasteiger partial charge in [-0.15, -0.1) is 16.8 Å². The molecule has 36 heavy (non-hydrogen) atoms. The zero-order valence-electron chi connectivity index (χ0n) is 20.3. The number of nitrogens with zero attached hydrogens (tertiary/aromatic N) is 2. The highest BCUT2D eigenvalue weighted by Crippen LogP contribution is 2.27. The number of carboxylic acid groups (broad SMARTS) is 2. The molecule has 0 bridgehead atoms. The molecule has 1 amide bonds. The normalized spacial score (nSPS) is 17.6. The lowest BCUT2D eigenvalue weighted by Gasteiger charge is -2.26. The predicted octanol–water partition coefficient (Wildman–Crippen LogP) is 2.46. The van der Waals surface area contributed by atoms with Gasteiger partial charge < -0.3 is 20.4 Å². The number of aliphatic carboxylic acids is 2. The maximum atomic E-state index is 12.4. The van der Waals surface area contributed by atoms with Crippen molar-refractivity contribution in [3.8, 4) is 0 Å². The monoisotopic (exact) mass is 517 g/mol. The minimum absolute atomic E-state index is 0.00406. The second kappa shape index (κ2) is 14.8. The molecule has 3 N–H and O–H groups in total. The van der Waals surface area contributed by atoms with E-state index in [2.05, 4.69) is 10.3 Å². The Morgan fingerprint density at radius 3 is 2.61 bits per heavy atom. The van der Waals surface area contributed by atoms with E-state index in [4.69, 9.17) is 4.84 Å². The van der Waals surface area contributed by atoms with Gasteiger partial charge in [-0.25, -0.2) is 9.59 Å². The van der Waals surface area contributed by atoms with Gasteiger partial charge >= 0.3 is 17.9 Å². The van der Waals surface area contributed by atoms with E-state index in [1.807, 2.05) is 13.0 Å². The zero-order chi connectivity index (χ0) is 26.5. The molecule has 11 heteroatoms. The van der Waals surface area contributed by atoms with E-state index >= 15 is 0 Å². The van der Waals surface area contributed by atoms with Gasteiger partial charge in [-0.1, -0.05) is 61.9 Å². The Balaban J connectivity index is 2.03. The molecule has 194 valence electrons. The van der Waals surface area contributed by atoms with E-state index in [9.17, 15) is 29.4 Å². The summed E-state index contributed by atoms with van der Waals surface area (Å²) in [4.78, 5) is 57.2. The Morgan fingerprint density at radius 1 is 1.25 bits per heavy atom. The van der Waals surface area contributed by atoms with E-state index < -0.39 is 35.2 Å². The van der Waals surface area contributed by atoms with Crippen LogP contribution in [0.3, 0.4) is 0 Å². The summed E-state index contributed by atoms with van der Waals surface area (Å²) in [7, 11) is 1.68. The lowest BCUT2D eigenvalue weighted by molar-refractivity contribution is -0.183. The number of allylic oxidation sites excluding steroid dienone is 2. The quantitative estimate of drug-likeness (QED) is 0.336. The predicted molar refractivity (Wildman–Crippen MR) is 136 cm³/mol. The van der Waals surface area contributed by atoms with Crippen LogP contribution in [0.4, 0.5) is 0 Å². The van der Waals surface area contributed by atoms with Gasteiger partial charge in [0.2, 0.25) is 5.91 Å². The highest BCUT2D eigenvalue weighted by Gasteiger charge is 2.34. The van der Waals surface area contributed by atoms with Crippen LogP contribution in [0.25, 0.3) is 0 Å². The van der Waals surface area contributed by atoms with Crippen molar-refractivity contribution < 1.29 is 34.2 Å². The number of aliphatic imine (C=N–C) groups is 1. The molecule has 1 heterocycles. The third kappa shape index (κ3) is 9.67. The minimum Gasteiger partial charge on any atom is -0.480 e. The molecule has 0 fully saturated rings. The maximum Gasteiger partial charge on any atom is 0.354 e. The Hall–Kier alpha value is -3.44. The number of thioether (sulfide) groups is 1. The molecule has 0 saturated heterocycles. The summed E-state index contributed by atoms with van der Waals surface area (Å²) in [5, 5.41) is 22.2. The topological polar surface area (TPSA) is 146 Å². The van der Waals surface area contributed by atoms with Crippen molar-refractivity contribution in [3.05, 3.63) is 59.7 Å². The first kappa shape index (κ1) is 28.8. The van der Waals surface area contributed by atoms with Crippen molar-refractivity contribution in [2.45, 2.75) is 44.0 Å². The highest BCUT2D eigenvalue weighted by molar-refractivity contribution is 8.00. The molecule has 10 nitrogen and oxygen atoms in total. The second-order valence-corrected chi connectivity index (χ2v) is 9.13. The average Bonchev–Trinajstić information content (AvgIpc) is 2.84. The third-order valence-electron chi connectivity index (χ3n) is 5.05. The van der Waals surface area contributed by atoms with E-state index in [1.165, 1.54) is 17.2 Å². The number of amides is 1. The Bertz CT molecular complexity index is 1020. The van der Waals surface area contributed by atoms with E-state index in [1.54, 1.807) is 37.4 Å². The molecular weight excluding hydrogens is 486 g/mol. The van der Waals surface area contributed by atoms with Crippen LogP contribution in [0.5, 0.6) is 0 Å². The third-order valence-corrected chi connectivity index (χ3v) is 6.25. The summed E-state index contributed by atoms with van der Waals surface area (Å²) in [6, 6.07) is 7.46. The first-order valence-electron chi connectivity index (χ1n) is 11.5. The number of hydrogen-bond donors (Lipinski definition) is 3. The molecule has 2 atom stereocenters. The molecule has 1 aromatic rings. The van der Waals surface area contributed by atoms with Crippen LogP contribution in [-0.2, 0) is 30.4 Å². The summed E-state index contributed by atoms with van der Waals surface area (Å²) in [6.07, 6.45) is 6.49. The Morgan fingerprint density at radius 2 is 1.97 bits per heavy atom. The van der Waals surface area contributed by atoms with Gasteiger partial charge in [-0.2, -0.15) is 0 Å². The van der Waals surface area contributed by atoms with E-state index in [-0.39, 0.29) is 24.3 Å². The lowest BCUT2D eigenvalue weighted by atomic mass is 10.1. The fourth-order valence-electron chi connectivity index (χ4n) is 3.23. The number of hydrogen-bond acceptors (Lipinski definition) is 8. The number of hydroxylamine groups is 2. The Kier molecular flexibility index (Phi) is 11.9. The van der Waals surface area contributed by atoms with Crippen molar-refractivity contribution in [3.63, 3.8) is 0 Å². The molecule has 0 aliphatic carbocycles. The standard InChI is InChI=1S/C25H31N3O7S/c1-3-4-14-28(2)35-20(30)13-9-8-12-18-16-36-23(27-21(18)24(31)32)22(25(33)34)26-19(29)15-17-10-6-5-7-11-17/h5-12,22-23H,3-4,13-16H2,1-2H3,(H,26,29)(H,31,32)(H,33,34)/b9-8+,18-12+. The van der Waals surface area contributed by atoms with Crippen LogP contribution in [0.15, 0.2) is 59.1 Å². The van der Waals surface area contributed by atoms with Crippen LogP contribution in [0.1, 0.15) is 31.7 Å². The summed E-state index contributed by atoms with van der Waals surface area (Å²) >= 11 is 1.11. The number of unbranched alkanes of at least 4 members (excludes halogenated alkanes) is 1. The first-order chi connectivity index (χ1) is 17.2. The van der Waals surface area contributed by atoms with Crippen molar-refractivity contribution in [2.75, 3.05) is 19.3 Å². The summed E-state index contributed by atoms with van der Waals surface area (Å²) in [5.41, 5.74) is 0.806. The van der Waals surface area contributed by atoms with Crippen LogP contribution in [0, 0.1) is 0 Å². The average molecular weight is 518 g/mol. The number of nitrogens with one attached hydrogen (secondary N) is 1. The van der Waals surface area contributed by atoms with Crippen molar-refractivity contribution in [2.24, 2.45) is 4.99 Å². The molecule has 1 aliphatic heterocycles. The molecule has 1 aliphatic rings. The molecule has 1 aromatic carbocycles. The molecule has 0 saturated carbocycles. The summed E-state index contributed by atoms with van der Waals surface area (Å²) in [5.74, 6) is -3.39. The fourth-order valence-corrected chi connectivity index (χ4v) is 4.37. The van der Waals surface area contributed by atoms with Gasteiger partial charge in [-0.3, -0.25) is 14.6 Å². The molecule has 2 unspecified atom stereocenters. The van der Waals surface area contributed by atoms with Gasteiger partial charge in [0.1, 0.15) is 11.1 Å². The fraction of sp³-hybridized carbons (Fsp3) is 0.400. The van der Waals surface area contributed by atoms with Crippen LogP contribution < -0.4 is 5.32 Å². The highest BCUT2D eigenvalue weighted by atomic mass is 32.2. The second-order valence-electron chi connectivity index (χ2n) is 8.02. The van der Waals surface area contributed by atoms with Gasteiger partial charge in [0.15, 0.2) is 6.04 Å². The van der Waals surface area contributed by atoms with Gasteiger partial charge in [0.25, 0.3) is 0 Å². The van der Waals surface area contributed by atoms with Gasteiger partial charge in [0.05, 0.1) is 12.8 Å². The summed E-state index contributed by atoms with van der Waals surface area (Å²) < 4.78 is 0. The van der Waals surface area contributed by atoms with E-state index in [0.29, 0.717) is 12.1 Å². The molecule has 0 spiro atoms. The maximum absolute atomic E-state index is 12.4. The molecule has 0 radical (unpaired) electrons. The first-order valence-corrected chi connectivity index (χ1v) is 12.5. The van der Waals surface area contributed by atoms with Crippen molar-refractivity contribution in [1.82, 2.24) is 10.4 Å². The number of carbonyl (C=O) groups is 4. The molecular formula is C25H31N3O7S.